The Kier molecular flexibility index (Phi) is 4.94. The van der Waals surface area contributed by atoms with Crippen molar-refractivity contribution in [1.29, 1.82) is 0 Å². The first kappa shape index (κ1) is 16.5. The molecule has 7 heteroatoms. The van der Waals surface area contributed by atoms with Crippen LogP contribution in [0.5, 0.6) is 11.6 Å². The van der Waals surface area contributed by atoms with Gasteiger partial charge >= 0.3 is 0 Å². The number of nitrogens with zero attached hydrogens (tertiary/aromatic N) is 2. The second kappa shape index (κ2) is 7.48. The van der Waals surface area contributed by atoms with Gasteiger partial charge in [0.1, 0.15) is 5.75 Å². The van der Waals surface area contributed by atoms with Gasteiger partial charge in [0.05, 0.1) is 38.2 Å². The van der Waals surface area contributed by atoms with Gasteiger partial charge in [0.25, 0.3) is 0 Å². The molecule has 25 heavy (non-hydrogen) atoms. The van der Waals surface area contributed by atoms with E-state index in [0.717, 1.165) is 11.3 Å². The normalized spacial score (nSPS) is 10.3. The average Bonchev–Trinajstić information content (AvgIpc) is 3.10. The summed E-state index contributed by atoms with van der Waals surface area (Å²) in [6, 6.07) is 12.6. The summed E-state index contributed by atoms with van der Waals surface area (Å²) in [5, 5.41) is 6.70. The van der Waals surface area contributed by atoms with Crippen LogP contribution in [-0.2, 0) is 11.2 Å². The van der Waals surface area contributed by atoms with Gasteiger partial charge in [-0.3, -0.25) is 4.79 Å². The lowest BCUT2D eigenvalue weighted by Crippen LogP contribution is -2.14. The maximum Gasteiger partial charge on any atom is 0.230 e. The van der Waals surface area contributed by atoms with E-state index in [1.165, 1.54) is 13.3 Å². The number of rotatable bonds is 6. The van der Waals surface area contributed by atoms with Crippen LogP contribution in [0.25, 0.3) is 11.3 Å². The number of carbonyl (C=O) groups is 1. The first-order valence-electron chi connectivity index (χ1n) is 7.58. The molecule has 2 heterocycles. The molecule has 1 N–H and O–H groups in total. The predicted molar refractivity (Wildman–Crippen MR) is 91.6 cm³/mol. The van der Waals surface area contributed by atoms with Crippen LogP contribution in [0.2, 0.25) is 0 Å². The van der Waals surface area contributed by atoms with E-state index in [1.54, 1.807) is 25.3 Å². The second-order valence-electron chi connectivity index (χ2n) is 5.23. The molecule has 3 aromatic rings. The van der Waals surface area contributed by atoms with Gasteiger partial charge in [-0.1, -0.05) is 17.3 Å². The topological polar surface area (TPSA) is 86.5 Å². The predicted octanol–water partition coefficient (Wildman–Crippen LogP) is 2.94. The number of hydrogen-bond acceptors (Lipinski definition) is 6. The molecule has 1 amide bonds. The standard InChI is InChI=1S/C18H17N3O4/c1-23-15-5-3-4-12(8-15)16-9-14(21-25-16)10-17(22)20-13-6-7-18(24-2)19-11-13/h3-9,11H,10H2,1-2H3,(H,20,22). The average molecular weight is 339 g/mol. The van der Waals surface area contributed by atoms with Crippen molar-refractivity contribution in [3.05, 3.63) is 54.4 Å². The van der Waals surface area contributed by atoms with Gasteiger partial charge in [0, 0.05) is 17.7 Å². The molecule has 2 aromatic heterocycles. The number of carbonyl (C=O) groups excluding carboxylic acids is 1. The number of amides is 1. The van der Waals surface area contributed by atoms with Gasteiger partial charge in [0.2, 0.25) is 11.8 Å². The molecule has 0 aliphatic carbocycles. The van der Waals surface area contributed by atoms with Gasteiger partial charge < -0.3 is 19.3 Å². The van der Waals surface area contributed by atoms with Crippen LogP contribution in [-0.4, -0.2) is 30.3 Å². The van der Waals surface area contributed by atoms with Crippen molar-refractivity contribution in [2.75, 3.05) is 19.5 Å². The molecule has 0 unspecified atom stereocenters. The molecular weight excluding hydrogens is 322 g/mol. The number of aromatic nitrogens is 2. The highest BCUT2D eigenvalue weighted by molar-refractivity contribution is 5.92. The highest BCUT2D eigenvalue weighted by Crippen LogP contribution is 2.24. The first-order chi connectivity index (χ1) is 12.2. The molecule has 0 saturated carbocycles. The lowest BCUT2D eigenvalue weighted by Gasteiger charge is -2.04. The van der Waals surface area contributed by atoms with Crippen LogP contribution in [0.15, 0.2) is 53.2 Å². The number of ether oxygens (including phenoxy) is 2. The van der Waals surface area contributed by atoms with Gasteiger partial charge in [-0.25, -0.2) is 4.98 Å². The lowest BCUT2D eigenvalue weighted by molar-refractivity contribution is -0.115. The van der Waals surface area contributed by atoms with Gasteiger partial charge in [-0.05, 0) is 18.2 Å². The second-order valence-corrected chi connectivity index (χ2v) is 5.23. The Bertz CT molecular complexity index is 859. The zero-order valence-electron chi connectivity index (χ0n) is 13.9. The van der Waals surface area contributed by atoms with Gasteiger partial charge in [-0.2, -0.15) is 0 Å². The van der Waals surface area contributed by atoms with Crippen molar-refractivity contribution in [1.82, 2.24) is 10.1 Å². The summed E-state index contributed by atoms with van der Waals surface area (Å²) in [5.41, 5.74) is 1.96. The zero-order valence-corrected chi connectivity index (χ0v) is 13.9. The Hall–Kier alpha value is -3.35. The Morgan fingerprint density at radius 1 is 1.16 bits per heavy atom. The van der Waals surface area contributed by atoms with Gasteiger partial charge in [0.15, 0.2) is 5.76 Å². The number of nitrogens with one attached hydrogen (secondary N) is 1. The number of anilines is 1. The van der Waals surface area contributed by atoms with E-state index in [2.05, 4.69) is 15.5 Å². The summed E-state index contributed by atoms with van der Waals surface area (Å²) in [6.45, 7) is 0. The molecular formula is C18H17N3O4. The van der Waals surface area contributed by atoms with Crippen LogP contribution in [0.3, 0.4) is 0 Å². The molecule has 0 radical (unpaired) electrons. The monoisotopic (exact) mass is 339 g/mol. The minimum absolute atomic E-state index is 0.0967. The summed E-state index contributed by atoms with van der Waals surface area (Å²) in [6.07, 6.45) is 1.63. The third-order valence-electron chi connectivity index (χ3n) is 3.48. The Morgan fingerprint density at radius 2 is 2.04 bits per heavy atom. The minimum Gasteiger partial charge on any atom is -0.497 e. The summed E-state index contributed by atoms with van der Waals surface area (Å²) in [5.74, 6) is 1.57. The number of methoxy groups -OCH3 is 2. The molecule has 0 spiro atoms. The molecule has 1 aromatic carbocycles. The van der Waals surface area contributed by atoms with E-state index < -0.39 is 0 Å². The van der Waals surface area contributed by atoms with Crippen molar-refractivity contribution in [2.24, 2.45) is 0 Å². The van der Waals surface area contributed by atoms with Crippen molar-refractivity contribution in [2.45, 2.75) is 6.42 Å². The molecule has 3 rings (SSSR count). The number of hydrogen-bond donors (Lipinski definition) is 1. The Labute approximate surface area is 144 Å². The van der Waals surface area contributed by atoms with E-state index in [0.29, 0.717) is 23.0 Å². The van der Waals surface area contributed by atoms with E-state index in [9.17, 15) is 4.79 Å². The highest BCUT2D eigenvalue weighted by atomic mass is 16.5. The van der Waals surface area contributed by atoms with Crippen LogP contribution in [0, 0.1) is 0 Å². The van der Waals surface area contributed by atoms with Crippen LogP contribution in [0.1, 0.15) is 5.69 Å². The van der Waals surface area contributed by atoms with Crippen molar-refractivity contribution in [3.63, 3.8) is 0 Å². The molecule has 0 saturated heterocycles. The van der Waals surface area contributed by atoms with E-state index in [4.69, 9.17) is 14.0 Å². The number of pyridine rings is 1. The maximum atomic E-state index is 12.1. The quantitative estimate of drug-likeness (QED) is 0.743. The third-order valence-corrected chi connectivity index (χ3v) is 3.48. The fourth-order valence-corrected chi connectivity index (χ4v) is 2.25. The minimum atomic E-state index is -0.211. The van der Waals surface area contributed by atoms with Crippen molar-refractivity contribution in [3.8, 4) is 23.0 Å². The summed E-state index contributed by atoms with van der Waals surface area (Å²) >= 11 is 0. The summed E-state index contributed by atoms with van der Waals surface area (Å²) in [7, 11) is 3.13. The fourth-order valence-electron chi connectivity index (χ4n) is 2.25. The Morgan fingerprint density at radius 3 is 2.76 bits per heavy atom. The number of benzene rings is 1. The molecule has 0 atom stereocenters. The van der Waals surface area contributed by atoms with Crippen LogP contribution >= 0.6 is 0 Å². The fraction of sp³-hybridized carbons (Fsp3) is 0.167. The smallest absolute Gasteiger partial charge is 0.230 e. The molecule has 0 aliphatic rings. The zero-order chi connectivity index (χ0) is 17.6. The third kappa shape index (κ3) is 4.14. The highest BCUT2D eigenvalue weighted by Gasteiger charge is 2.12. The van der Waals surface area contributed by atoms with Crippen LogP contribution < -0.4 is 14.8 Å². The molecule has 7 nitrogen and oxygen atoms in total. The first-order valence-corrected chi connectivity index (χ1v) is 7.58. The van der Waals surface area contributed by atoms with E-state index in [-0.39, 0.29) is 12.3 Å². The van der Waals surface area contributed by atoms with Gasteiger partial charge in [-0.15, -0.1) is 0 Å². The lowest BCUT2D eigenvalue weighted by atomic mass is 10.1. The SMILES string of the molecule is COc1cccc(-c2cc(CC(=O)Nc3ccc(OC)nc3)no2)c1. The van der Waals surface area contributed by atoms with E-state index >= 15 is 0 Å². The Balaban J connectivity index is 1.64. The summed E-state index contributed by atoms with van der Waals surface area (Å²) < 4.78 is 15.5. The molecule has 0 bridgehead atoms. The van der Waals surface area contributed by atoms with E-state index in [1.807, 2.05) is 24.3 Å². The van der Waals surface area contributed by atoms with Crippen molar-refractivity contribution < 1.29 is 18.8 Å². The van der Waals surface area contributed by atoms with Crippen molar-refractivity contribution >= 4 is 11.6 Å². The summed E-state index contributed by atoms with van der Waals surface area (Å²) in [4.78, 5) is 16.1. The molecule has 128 valence electrons. The maximum absolute atomic E-state index is 12.1. The van der Waals surface area contributed by atoms with Crippen LogP contribution in [0.4, 0.5) is 5.69 Å². The largest absolute Gasteiger partial charge is 0.497 e. The molecule has 0 fully saturated rings. The molecule has 0 aliphatic heterocycles.